The summed E-state index contributed by atoms with van der Waals surface area (Å²) in [6, 6.07) is 0.168. The Bertz CT molecular complexity index is 516. The van der Waals surface area contributed by atoms with Gasteiger partial charge in [0.25, 0.3) is 5.91 Å². The van der Waals surface area contributed by atoms with Crippen molar-refractivity contribution >= 4 is 11.7 Å². The van der Waals surface area contributed by atoms with Crippen LogP contribution in [0.15, 0.2) is 12.4 Å². The molecule has 0 aliphatic heterocycles. The molecule has 0 unspecified atom stereocenters. The van der Waals surface area contributed by atoms with Crippen LogP contribution in [0, 0.1) is 5.41 Å². The van der Waals surface area contributed by atoms with Gasteiger partial charge in [0.1, 0.15) is 0 Å². The fourth-order valence-corrected chi connectivity index (χ4v) is 3.39. The topological polar surface area (TPSA) is 90.1 Å². The number of aromatic nitrogens is 2. The van der Waals surface area contributed by atoms with Crippen LogP contribution in [0.2, 0.25) is 0 Å². The predicted molar refractivity (Wildman–Crippen MR) is 74.0 cm³/mol. The Kier molecular flexibility index (Phi) is 3.33. The van der Waals surface area contributed by atoms with E-state index < -0.39 is 0 Å². The van der Waals surface area contributed by atoms with Crippen molar-refractivity contribution in [1.82, 2.24) is 15.3 Å². The third kappa shape index (κ3) is 1.95. The number of ether oxygens (including phenoxy) is 1. The quantitative estimate of drug-likeness (QED) is 0.860. The van der Waals surface area contributed by atoms with E-state index in [-0.39, 0.29) is 35.0 Å². The van der Waals surface area contributed by atoms with E-state index in [1.807, 2.05) is 6.92 Å². The van der Waals surface area contributed by atoms with Crippen LogP contribution in [0.5, 0.6) is 0 Å². The molecule has 1 aromatic heterocycles. The summed E-state index contributed by atoms with van der Waals surface area (Å²) in [6.45, 7) is 2.74. The normalized spacial score (nSPS) is 26.6. The number of nitrogens with zero attached hydrogens (tertiary/aromatic N) is 2. The minimum Gasteiger partial charge on any atom is -0.382 e. The van der Waals surface area contributed by atoms with Crippen molar-refractivity contribution in [3.05, 3.63) is 18.1 Å². The molecule has 2 atom stereocenters. The Hall–Kier alpha value is -1.69. The molecule has 6 nitrogen and oxygen atoms in total. The Morgan fingerprint density at radius 1 is 1.50 bits per heavy atom. The van der Waals surface area contributed by atoms with Gasteiger partial charge in [-0.1, -0.05) is 6.42 Å². The molecule has 3 rings (SSSR count). The zero-order valence-corrected chi connectivity index (χ0v) is 11.6. The van der Waals surface area contributed by atoms with Gasteiger partial charge in [-0.15, -0.1) is 0 Å². The summed E-state index contributed by atoms with van der Waals surface area (Å²) in [5, 5.41) is 3.05. The largest absolute Gasteiger partial charge is 0.382 e. The predicted octanol–water partition coefficient (Wildman–Crippen LogP) is 1.14. The minimum absolute atomic E-state index is 0.142. The van der Waals surface area contributed by atoms with Crippen molar-refractivity contribution in [2.24, 2.45) is 5.41 Å². The van der Waals surface area contributed by atoms with E-state index in [1.165, 1.54) is 18.8 Å². The SMILES string of the molecule is CCO[C@@H]1C[C@@H](NC(=O)c2nccnc2N)C12CCC2. The van der Waals surface area contributed by atoms with Gasteiger partial charge in [-0.3, -0.25) is 4.79 Å². The first-order valence-corrected chi connectivity index (χ1v) is 7.16. The maximum absolute atomic E-state index is 12.2. The molecule has 0 aromatic carbocycles. The second-order valence-electron chi connectivity index (χ2n) is 5.58. The molecule has 2 fully saturated rings. The molecule has 0 bridgehead atoms. The highest BCUT2D eigenvalue weighted by Gasteiger charge is 2.59. The number of hydrogen-bond acceptors (Lipinski definition) is 5. The van der Waals surface area contributed by atoms with Crippen LogP contribution in [0.3, 0.4) is 0 Å². The van der Waals surface area contributed by atoms with Gasteiger partial charge in [0.05, 0.1) is 6.10 Å². The van der Waals surface area contributed by atoms with Crippen LogP contribution < -0.4 is 11.1 Å². The van der Waals surface area contributed by atoms with Crippen LogP contribution in [-0.2, 0) is 4.74 Å². The first-order valence-electron chi connectivity index (χ1n) is 7.16. The van der Waals surface area contributed by atoms with Crippen molar-refractivity contribution < 1.29 is 9.53 Å². The first kappa shape index (κ1) is 13.3. The molecule has 1 spiro atoms. The van der Waals surface area contributed by atoms with E-state index in [0.717, 1.165) is 25.9 Å². The molecule has 6 heteroatoms. The average Bonchev–Trinajstić information content (AvgIpc) is 2.35. The Morgan fingerprint density at radius 3 is 2.85 bits per heavy atom. The number of carbonyl (C=O) groups excluding carboxylic acids is 1. The number of nitrogens with one attached hydrogen (secondary N) is 1. The highest BCUT2D eigenvalue weighted by molar-refractivity contribution is 5.96. The second-order valence-corrected chi connectivity index (χ2v) is 5.58. The maximum atomic E-state index is 12.2. The van der Waals surface area contributed by atoms with E-state index in [1.54, 1.807) is 0 Å². The summed E-state index contributed by atoms with van der Waals surface area (Å²) >= 11 is 0. The number of nitrogen functional groups attached to an aromatic ring is 1. The van der Waals surface area contributed by atoms with E-state index in [9.17, 15) is 4.79 Å². The minimum atomic E-state index is -0.234. The number of anilines is 1. The zero-order valence-electron chi connectivity index (χ0n) is 11.6. The average molecular weight is 276 g/mol. The molecule has 2 aliphatic rings. The summed E-state index contributed by atoms with van der Waals surface area (Å²) < 4.78 is 5.77. The van der Waals surface area contributed by atoms with Crippen LogP contribution in [0.25, 0.3) is 0 Å². The fourth-order valence-electron chi connectivity index (χ4n) is 3.39. The number of rotatable bonds is 4. The Balaban J connectivity index is 1.67. The van der Waals surface area contributed by atoms with Gasteiger partial charge in [-0.05, 0) is 26.2 Å². The molecule has 1 amide bonds. The second kappa shape index (κ2) is 5.01. The molecular weight excluding hydrogens is 256 g/mol. The molecule has 0 radical (unpaired) electrons. The van der Waals surface area contributed by atoms with Crippen LogP contribution in [0.1, 0.15) is 43.1 Å². The summed E-state index contributed by atoms with van der Waals surface area (Å²) in [5.41, 5.74) is 6.04. The molecule has 108 valence electrons. The third-order valence-corrected chi connectivity index (χ3v) is 4.68. The zero-order chi connectivity index (χ0) is 14.2. The van der Waals surface area contributed by atoms with E-state index in [2.05, 4.69) is 15.3 Å². The van der Waals surface area contributed by atoms with Crippen molar-refractivity contribution in [3.8, 4) is 0 Å². The lowest BCUT2D eigenvalue weighted by atomic mass is 9.51. The Labute approximate surface area is 118 Å². The van der Waals surface area contributed by atoms with Gasteiger partial charge in [0.2, 0.25) is 0 Å². The monoisotopic (exact) mass is 276 g/mol. The van der Waals surface area contributed by atoms with Crippen molar-refractivity contribution in [1.29, 1.82) is 0 Å². The van der Waals surface area contributed by atoms with Gasteiger partial charge < -0.3 is 15.8 Å². The van der Waals surface area contributed by atoms with Gasteiger partial charge in [-0.2, -0.15) is 0 Å². The summed E-state index contributed by atoms with van der Waals surface area (Å²) in [7, 11) is 0. The number of amides is 1. The molecule has 3 N–H and O–H groups in total. The van der Waals surface area contributed by atoms with E-state index >= 15 is 0 Å². The van der Waals surface area contributed by atoms with E-state index in [4.69, 9.17) is 10.5 Å². The fraction of sp³-hybridized carbons (Fsp3) is 0.643. The molecule has 1 aromatic rings. The first-order chi connectivity index (χ1) is 9.67. The summed E-state index contributed by atoms with van der Waals surface area (Å²) in [4.78, 5) is 20.1. The lowest BCUT2D eigenvalue weighted by Crippen LogP contribution is -2.67. The van der Waals surface area contributed by atoms with Crippen LogP contribution >= 0.6 is 0 Å². The smallest absolute Gasteiger partial charge is 0.273 e. The highest BCUT2D eigenvalue weighted by Crippen LogP contribution is 2.57. The van der Waals surface area contributed by atoms with Crippen molar-refractivity contribution in [2.75, 3.05) is 12.3 Å². The van der Waals surface area contributed by atoms with Gasteiger partial charge in [-0.25, -0.2) is 9.97 Å². The molecule has 2 saturated carbocycles. The number of carbonyl (C=O) groups is 1. The van der Waals surface area contributed by atoms with Crippen LogP contribution in [0.4, 0.5) is 5.82 Å². The van der Waals surface area contributed by atoms with Gasteiger partial charge in [0.15, 0.2) is 11.5 Å². The highest BCUT2D eigenvalue weighted by atomic mass is 16.5. The number of hydrogen-bond donors (Lipinski definition) is 2. The molecule has 1 heterocycles. The molecule has 2 aliphatic carbocycles. The van der Waals surface area contributed by atoms with E-state index in [0.29, 0.717) is 0 Å². The van der Waals surface area contributed by atoms with Crippen LogP contribution in [-0.4, -0.2) is 34.6 Å². The Morgan fingerprint density at radius 2 is 2.25 bits per heavy atom. The van der Waals surface area contributed by atoms with Crippen molar-refractivity contribution in [2.45, 2.75) is 44.8 Å². The standard InChI is InChI=1S/C14H20N4O2/c1-2-20-10-8-9(14(10)4-3-5-14)18-13(19)11-12(15)17-7-6-16-11/h6-7,9-10H,2-5,8H2,1H3,(H2,15,17)(H,18,19)/t9-,10-/m1/s1. The maximum Gasteiger partial charge on any atom is 0.273 e. The van der Waals surface area contributed by atoms with Gasteiger partial charge >= 0.3 is 0 Å². The lowest BCUT2D eigenvalue weighted by Gasteiger charge is -2.60. The summed E-state index contributed by atoms with van der Waals surface area (Å²) in [6.07, 6.45) is 7.58. The van der Waals surface area contributed by atoms with Gasteiger partial charge in [0, 0.05) is 30.5 Å². The number of nitrogens with two attached hydrogens (primary N) is 1. The lowest BCUT2D eigenvalue weighted by molar-refractivity contribution is -0.169. The molecule has 0 saturated heterocycles. The third-order valence-electron chi connectivity index (χ3n) is 4.68. The van der Waals surface area contributed by atoms with Crippen molar-refractivity contribution in [3.63, 3.8) is 0 Å². The molecule has 20 heavy (non-hydrogen) atoms. The summed E-state index contributed by atoms with van der Waals surface area (Å²) in [5.74, 6) is -0.0600. The molecular formula is C14H20N4O2.